The topological polar surface area (TPSA) is 89.1 Å². The van der Waals surface area contributed by atoms with Crippen LogP contribution in [-0.2, 0) is 11.2 Å². The summed E-state index contributed by atoms with van der Waals surface area (Å²) < 4.78 is 5.16. The first-order valence-corrected chi connectivity index (χ1v) is 5.91. The molecule has 0 unspecified atom stereocenters. The van der Waals surface area contributed by atoms with E-state index in [1.165, 1.54) is 0 Å². The normalized spacial score (nSPS) is 11.5. The summed E-state index contributed by atoms with van der Waals surface area (Å²) in [6.07, 6.45) is 3.79. The number of aliphatic carboxylic acids is 1. The van der Waals surface area contributed by atoms with Crippen molar-refractivity contribution in [2.75, 3.05) is 0 Å². The minimum atomic E-state index is -0.834. The van der Waals surface area contributed by atoms with Gasteiger partial charge in [-0.15, -0.1) is 0 Å². The van der Waals surface area contributed by atoms with Crippen molar-refractivity contribution in [3.05, 3.63) is 30.4 Å². The molecule has 1 N–H and O–H groups in total. The molecule has 2 heterocycles. The summed E-state index contributed by atoms with van der Waals surface area (Å²) in [5.74, 6) is 0.0976. The summed E-state index contributed by atoms with van der Waals surface area (Å²) in [6, 6.07) is 3.58. The Balaban J connectivity index is 2.12. The first kappa shape index (κ1) is 13.2. The van der Waals surface area contributed by atoms with E-state index < -0.39 is 11.4 Å². The Morgan fingerprint density at radius 3 is 2.68 bits per heavy atom. The van der Waals surface area contributed by atoms with Gasteiger partial charge in [0, 0.05) is 24.4 Å². The number of hydrogen-bond acceptors (Lipinski definition) is 5. The molecule has 6 nitrogen and oxygen atoms in total. The fourth-order valence-corrected chi connectivity index (χ4v) is 1.83. The molecule has 2 aromatic heterocycles. The summed E-state index contributed by atoms with van der Waals surface area (Å²) in [6.45, 7) is 3.72. The molecule has 0 bridgehead atoms. The predicted octanol–water partition coefficient (Wildman–Crippen LogP) is 2.17. The number of hydrogen-bond donors (Lipinski definition) is 1. The summed E-state index contributed by atoms with van der Waals surface area (Å²) in [4.78, 5) is 19.0. The molecule has 2 rings (SSSR count). The van der Waals surface area contributed by atoms with Crippen LogP contribution >= 0.6 is 0 Å². The van der Waals surface area contributed by atoms with Gasteiger partial charge in [-0.2, -0.15) is 4.98 Å². The Morgan fingerprint density at radius 1 is 1.37 bits per heavy atom. The van der Waals surface area contributed by atoms with Crippen molar-refractivity contribution in [1.29, 1.82) is 0 Å². The summed E-state index contributed by atoms with van der Waals surface area (Å²) in [5.41, 5.74) is 0.398. The number of carboxylic acids is 1. The van der Waals surface area contributed by atoms with Crippen molar-refractivity contribution >= 4 is 5.97 Å². The fraction of sp³-hybridized carbons (Fsp3) is 0.385. The van der Waals surface area contributed by atoms with Gasteiger partial charge in [-0.3, -0.25) is 9.78 Å². The van der Waals surface area contributed by atoms with Gasteiger partial charge in [0.05, 0.1) is 6.42 Å². The van der Waals surface area contributed by atoms with E-state index in [1.54, 1.807) is 24.5 Å². The van der Waals surface area contributed by atoms with Gasteiger partial charge in [0.2, 0.25) is 11.7 Å². The molecule has 0 aliphatic carbocycles. The zero-order valence-corrected chi connectivity index (χ0v) is 10.8. The Kier molecular flexibility index (Phi) is 3.59. The molecule has 0 radical (unpaired) electrons. The second kappa shape index (κ2) is 5.17. The van der Waals surface area contributed by atoms with Gasteiger partial charge >= 0.3 is 5.97 Å². The number of pyridine rings is 1. The Labute approximate surface area is 110 Å². The van der Waals surface area contributed by atoms with Gasteiger partial charge in [0.15, 0.2) is 0 Å². The minimum Gasteiger partial charge on any atom is -0.481 e. The van der Waals surface area contributed by atoms with Crippen LogP contribution in [0.5, 0.6) is 0 Å². The molecule has 100 valence electrons. The second-order valence-electron chi connectivity index (χ2n) is 5.16. The van der Waals surface area contributed by atoms with Crippen molar-refractivity contribution in [3.63, 3.8) is 0 Å². The smallest absolute Gasteiger partial charge is 0.303 e. The third-order valence-corrected chi connectivity index (χ3v) is 2.67. The average Bonchev–Trinajstić information content (AvgIpc) is 2.76. The van der Waals surface area contributed by atoms with Crippen LogP contribution in [0, 0.1) is 5.41 Å². The van der Waals surface area contributed by atoms with Gasteiger partial charge in [-0.05, 0) is 17.5 Å². The molecule has 0 amide bonds. The highest BCUT2D eigenvalue weighted by molar-refractivity contribution is 5.67. The minimum absolute atomic E-state index is 0.0555. The summed E-state index contributed by atoms with van der Waals surface area (Å²) in [7, 11) is 0. The Bertz CT molecular complexity index is 564. The standard InChI is InChI=1S/C13H15N3O3/c1-13(2,8-11(17)18)7-10-15-12(16-19-10)9-3-5-14-6-4-9/h3-6H,7-8H2,1-2H3,(H,17,18). The number of nitrogens with zero attached hydrogens (tertiary/aromatic N) is 3. The molecule has 0 fully saturated rings. The van der Waals surface area contributed by atoms with E-state index in [2.05, 4.69) is 15.1 Å². The van der Waals surface area contributed by atoms with Crippen molar-refractivity contribution in [2.45, 2.75) is 26.7 Å². The highest BCUT2D eigenvalue weighted by Crippen LogP contribution is 2.26. The molecule has 0 saturated heterocycles. The SMILES string of the molecule is CC(C)(CC(=O)O)Cc1nc(-c2ccncc2)no1. The third-order valence-electron chi connectivity index (χ3n) is 2.67. The van der Waals surface area contributed by atoms with Crippen molar-refractivity contribution in [1.82, 2.24) is 15.1 Å². The lowest BCUT2D eigenvalue weighted by atomic mass is 9.86. The predicted molar refractivity (Wildman–Crippen MR) is 67.3 cm³/mol. The van der Waals surface area contributed by atoms with Crippen LogP contribution in [0.4, 0.5) is 0 Å². The van der Waals surface area contributed by atoms with Crippen LogP contribution in [0.25, 0.3) is 11.4 Å². The third kappa shape index (κ3) is 3.61. The van der Waals surface area contributed by atoms with E-state index in [4.69, 9.17) is 9.63 Å². The molecule has 0 aliphatic heterocycles. The molecule has 0 aliphatic rings. The van der Waals surface area contributed by atoms with Crippen LogP contribution in [0.15, 0.2) is 29.0 Å². The van der Waals surface area contributed by atoms with Gasteiger partial charge in [0.25, 0.3) is 0 Å². The molecule has 6 heteroatoms. The largest absolute Gasteiger partial charge is 0.481 e. The van der Waals surface area contributed by atoms with Crippen LogP contribution in [0.2, 0.25) is 0 Å². The number of carbonyl (C=O) groups is 1. The van der Waals surface area contributed by atoms with Gasteiger partial charge in [0.1, 0.15) is 0 Å². The number of aromatic nitrogens is 3. The van der Waals surface area contributed by atoms with Crippen LogP contribution in [-0.4, -0.2) is 26.2 Å². The maximum atomic E-state index is 10.8. The van der Waals surface area contributed by atoms with E-state index in [0.717, 1.165) is 5.56 Å². The van der Waals surface area contributed by atoms with Gasteiger partial charge in [-0.1, -0.05) is 19.0 Å². The summed E-state index contributed by atoms with van der Waals surface area (Å²) >= 11 is 0. The second-order valence-corrected chi connectivity index (χ2v) is 5.16. The fourth-order valence-electron chi connectivity index (χ4n) is 1.83. The highest BCUT2D eigenvalue weighted by Gasteiger charge is 2.25. The molecule has 0 spiro atoms. The maximum absolute atomic E-state index is 10.8. The van der Waals surface area contributed by atoms with E-state index in [9.17, 15) is 4.79 Å². The molecule has 19 heavy (non-hydrogen) atoms. The highest BCUT2D eigenvalue weighted by atomic mass is 16.5. The first-order chi connectivity index (χ1) is 8.96. The van der Waals surface area contributed by atoms with Crippen LogP contribution in [0.1, 0.15) is 26.2 Å². The average molecular weight is 261 g/mol. The zero-order valence-electron chi connectivity index (χ0n) is 10.8. The van der Waals surface area contributed by atoms with Gasteiger partial charge in [-0.25, -0.2) is 0 Å². The lowest BCUT2D eigenvalue weighted by molar-refractivity contribution is -0.139. The first-order valence-electron chi connectivity index (χ1n) is 5.91. The molecular weight excluding hydrogens is 246 g/mol. The molecular formula is C13H15N3O3. The molecule has 2 aromatic rings. The maximum Gasteiger partial charge on any atom is 0.303 e. The Morgan fingerprint density at radius 2 is 2.05 bits per heavy atom. The molecule has 0 atom stereocenters. The van der Waals surface area contributed by atoms with Crippen LogP contribution < -0.4 is 0 Å². The van der Waals surface area contributed by atoms with E-state index in [0.29, 0.717) is 18.1 Å². The number of carboxylic acid groups (broad SMARTS) is 1. The zero-order chi connectivity index (χ0) is 13.9. The lowest BCUT2D eigenvalue weighted by Gasteiger charge is -2.19. The number of rotatable bonds is 5. The summed E-state index contributed by atoms with van der Waals surface area (Å²) in [5, 5.41) is 12.7. The van der Waals surface area contributed by atoms with E-state index in [-0.39, 0.29) is 6.42 Å². The molecule has 0 saturated carbocycles. The lowest BCUT2D eigenvalue weighted by Crippen LogP contribution is -2.19. The molecule has 0 aromatic carbocycles. The van der Waals surface area contributed by atoms with Gasteiger partial charge < -0.3 is 9.63 Å². The van der Waals surface area contributed by atoms with E-state index in [1.807, 2.05) is 13.8 Å². The van der Waals surface area contributed by atoms with Crippen molar-refractivity contribution in [3.8, 4) is 11.4 Å². The monoisotopic (exact) mass is 261 g/mol. The quantitative estimate of drug-likeness (QED) is 0.887. The van der Waals surface area contributed by atoms with Crippen molar-refractivity contribution < 1.29 is 14.4 Å². The van der Waals surface area contributed by atoms with E-state index >= 15 is 0 Å². The van der Waals surface area contributed by atoms with Crippen molar-refractivity contribution in [2.24, 2.45) is 5.41 Å². The Hall–Kier alpha value is -2.24. The van der Waals surface area contributed by atoms with Crippen LogP contribution in [0.3, 0.4) is 0 Å².